The minimum Gasteiger partial charge on any atom is -0.311 e. The number of anilines is 3. The fraction of sp³-hybridized carbons (Fsp3) is 0.364. The molecule has 0 radical (unpaired) electrons. The van der Waals surface area contributed by atoms with Crippen molar-refractivity contribution in [1.82, 2.24) is 0 Å². The first-order chi connectivity index (χ1) is 34.2. The van der Waals surface area contributed by atoms with Crippen LogP contribution in [0.1, 0.15) is 128 Å². The van der Waals surface area contributed by atoms with Gasteiger partial charge in [-0.05, 0) is 166 Å². The van der Waals surface area contributed by atoms with Crippen molar-refractivity contribution in [2.45, 2.75) is 151 Å². The molecule has 1 nitrogen and oxygen atoms in total. The van der Waals surface area contributed by atoms with E-state index in [1.165, 1.54) is 184 Å². The smallest absolute Gasteiger partial charge is 0.0462 e. The van der Waals surface area contributed by atoms with Crippen LogP contribution in [0.5, 0.6) is 0 Å². The van der Waals surface area contributed by atoms with E-state index in [-0.39, 0.29) is 15.8 Å². The summed E-state index contributed by atoms with van der Waals surface area (Å²) < 4.78 is 0. The first-order valence-electron chi connectivity index (χ1n) is 27.3. The molecule has 352 valence electrons. The van der Waals surface area contributed by atoms with Crippen molar-refractivity contribution in [1.29, 1.82) is 0 Å². The summed E-state index contributed by atoms with van der Waals surface area (Å²) in [6.45, 7) is 0. The van der Waals surface area contributed by atoms with Crippen LogP contribution in [0.25, 0.3) is 44.5 Å². The Morgan fingerprint density at radius 3 is 0.710 bits per heavy atom. The van der Waals surface area contributed by atoms with E-state index in [9.17, 15) is 0 Å². The summed E-state index contributed by atoms with van der Waals surface area (Å²) >= 11 is 0. The minimum atomic E-state index is -0.101. The highest BCUT2D eigenvalue weighted by atomic mass is 31.1. The van der Waals surface area contributed by atoms with Crippen molar-refractivity contribution in [3.05, 3.63) is 176 Å². The normalized spacial score (nSPS) is 17.9. The molecule has 4 aliphatic rings. The third-order valence-electron chi connectivity index (χ3n) is 16.6. The zero-order valence-electron chi connectivity index (χ0n) is 41.0. The highest BCUT2D eigenvalue weighted by Gasteiger charge is 2.34. The van der Waals surface area contributed by atoms with Crippen LogP contribution in [0.15, 0.2) is 176 Å². The van der Waals surface area contributed by atoms with E-state index in [4.69, 9.17) is 0 Å². The number of hydrogen-bond donors (Lipinski definition) is 0. The predicted octanol–water partition coefficient (Wildman–Crippen LogP) is 19.4. The van der Waals surface area contributed by atoms with Gasteiger partial charge in [-0.1, -0.05) is 232 Å². The highest BCUT2D eigenvalue weighted by molar-refractivity contribution is 7.67. The standard InChI is InChI=1S/C66H73NP2/c1-6-16-50(17-7-1)51-26-28-52(29-27-51)53-30-40-58(41-31-53)67(59-42-32-54(33-43-59)56-36-46-65(47-37-56)68(61-18-8-2-9-19-61)62-20-10-3-11-21-62)60-44-34-55(35-45-60)57-38-48-66(49-39-57)69(63-22-12-4-13-23-63)64-24-14-5-15-25-64/h1,6-7,16-17,26-49,61-64H,2-5,8-15,18-25H2. The number of rotatable bonds is 13. The van der Waals surface area contributed by atoms with Gasteiger partial charge in [0.05, 0.1) is 0 Å². The van der Waals surface area contributed by atoms with Gasteiger partial charge in [-0.3, -0.25) is 0 Å². The van der Waals surface area contributed by atoms with E-state index in [0.29, 0.717) is 0 Å². The molecule has 0 heterocycles. The molecule has 7 aromatic rings. The Morgan fingerprint density at radius 2 is 0.449 bits per heavy atom. The Labute approximate surface area is 417 Å². The molecular weight excluding hydrogens is 869 g/mol. The molecule has 0 aliphatic heterocycles. The third-order valence-corrected chi connectivity index (χ3v) is 23.6. The van der Waals surface area contributed by atoms with Crippen LogP contribution in [-0.2, 0) is 0 Å². The molecule has 0 unspecified atom stereocenters. The lowest BCUT2D eigenvalue weighted by Crippen LogP contribution is -2.26. The molecule has 0 N–H and O–H groups in total. The van der Waals surface area contributed by atoms with E-state index in [2.05, 4.69) is 181 Å². The van der Waals surface area contributed by atoms with Gasteiger partial charge in [-0.15, -0.1) is 0 Å². The van der Waals surface area contributed by atoms with Gasteiger partial charge < -0.3 is 4.90 Å². The average Bonchev–Trinajstić information content (AvgIpc) is 3.44. The quantitative estimate of drug-likeness (QED) is 0.104. The second-order valence-electron chi connectivity index (χ2n) is 21.0. The van der Waals surface area contributed by atoms with Gasteiger partial charge in [0.25, 0.3) is 0 Å². The fourth-order valence-electron chi connectivity index (χ4n) is 12.9. The Bertz CT molecular complexity index is 2490. The lowest BCUT2D eigenvalue weighted by atomic mass is 9.99. The molecule has 3 heteroatoms. The lowest BCUT2D eigenvalue weighted by Gasteiger charge is -2.38. The molecule has 69 heavy (non-hydrogen) atoms. The summed E-state index contributed by atoms with van der Waals surface area (Å²) in [5.41, 5.74) is 17.4. The molecule has 0 saturated heterocycles. The van der Waals surface area contributed by atoms with E-state index in [1.54, 1.807) is 10.6 Å². The summed E-state index contributed by atoms with van der Waals surface area (Å²) in [5, 5.41) is 3.32. The van der Waals surface area contributed by atoms with Gasteiger partial charge in [-0.2, -0.15) is 0 Å². The van der Waals surface area contributed by atoms with Gasteiger partial charge in [-0.25, -0.2) is 0 Å². The van der Waals surface area contributed by atoms with E-state index >= 15 is 0 Å². The van der Waals surface area contributed by atoms with Crippen LogP contribution in [0, 0.1) is 0 Å². The van der Waals surface area contributed by atoms with Crippen LogP contribution in [0.2, 0.25) is 0 Å². The lowest BCUT2D eigenvalue weighted by molar-refractivity contribution is 0.487. The first-order valence-corrected chi connectivity index (χ1v) is 30.2. The molecule has 0 bridgehead atoms. The Balaban J connectivity index is 0.867. The topological polar surface area (TPSA) is 3.24 Å². The Morgan fingerprint density at radius 1 is 0.232 bits per heavy atom. The third kappa shape index (κ3) is 10.9. The molecule has 11 rings (SSSR count). The van der Waals surface area contributed by atoms with Crippen molar-refractivity contribution >= 4 is 43.5 Å². The maximum Gasteiger partial charge on any atom is 0.0462 e. The van der Waals surface area contributed by atoms with Crippen molar-refractivity contribution < 1.29 is 0 Å². The van der Waals surface area contributed by atoms with E-state index in [1.807, 2.05) is 0 Å². The summed E-state index contributed by atoms with van der Waals surface area (Å²) in [7, 11) is -0.202. The maximum atomic E-state index is 2.53. The summed E-state index contributed by atoms with van der Waals surface area (Å²) in [4.78, 5) is 2.44. The first kappa shape index (κ1) is 46.6. The van der Waals surface area contributed by atoms with Gasteiger partial charge in [0.2, 0.25) is 0 Å². The summed E-state index contributed by atoms with van der Waals surface area (Å²) in [6, 6.07) is 67.4. The van der Waals surface area contributed by atoms with Crippen molar-refractivity contribution in [3.63, 3.8) is 0 Å². The van der Waals surface area contributed by atoms with Gasteiger partial charge in [0, 0.05) is 17.1 Å². The zero-order chi connectivity index (χ0) is 46.2. The predicted molar refractivity (Wildman–Crippen MR) is 303 cm³/mol. The van der Waals surface area contributed by atoms with Crippen molar-refractivity contribution in [2.75, 3.05) is 4.90 Å². The summed E-state index contributed by atoms with van der Waals surface area (Å²) in [5.74, 6) is 0. The van der Waals surface area contributed by atoms with Crippen molar-refractivity contribution in [3.8, 4) is 44.5 Å². The van der Waals surface area contributed by atoms with E-state index in [0.717, 1.165) is 28.3 Å². The molecule has 7 aromatic carbocycles. The maximum absolute atomic E-state index is 2.53. The largest absolute Gasteiger partial charge is 0.311 e. The van der Waals surface area contributed by atoms with Crippen LogP contribution >= 0.6 is 15.8 Å². The molecule has 4 aliphatic carbocycles. The number of hydrogen-bond acceptors (Lipinski definition) is 1. The SMILES string of the molecule is c1ccc(-c2ccc(-c3ccc(N(c4ccc(-c5ccc(P(C6CCCCC6)C6CCCCC6)cc5)cc4)c4ccc(-c5ccc(P(C6CCCCC6)C6CCCCC6)cc5)cc4)cc3)cc2)cc1. The van der Waals surface area contributed by atoms with Gasteiger partial charge in [0.15, 0.2) is 0 Å². The second-order valence-corrected chi connectivity index (χ2v) is 26.6. The highest BCUT2D eigenvalue weighted by Crippen LogP contribution is 2.56. The fourth-order valence-corrected chi connectivity index (χ4v) is 20.4. The minimum absolute atomic E-state index is 0.101. The molecular formula is C66H73NP2. The van der Waals surface area contributed by atoms with Crippen LogP contribution < -0.4 is 15.5 Å². The summed E-state index contributed by atoms with van der Waals surface area (Å²) in [6.07, 6.45) is 28.8. The van der Waals surface area contributed by atoms with Crippen LogP contribution in [0.3, 0.4) is 0 Å². The van der Waals surface area contributed by atoms with Gasteiger partial charge >= 0.3 is 0 Å². The molecule has 0 spiro atoms. The average molecular weight is 942 g/mol. The molecule has 0 amide bonds. The second kappa shape index (κ2) is 22.5. The van der Waals surface area contributed by atoms with Crippen LogP contribution in [0.4, 0.5) is 17.1 Å². The van der Waals surface area contributed by atoms with Crippen molar-refractivity contribution in [2.24, 2.45) is 0 Å². The van der Waals surface area contributed by atoms with Crippen LogP contribution in [-0.4, -0.2) is 22.6 Å². The zero-order valence-corrected chi connectivity index (χ0v) is 42.8. The molecule has 0 atom stereocenters. The molecule has 0 aromatic heterocycles. The van der Waals surface area contributed by atoms with E-state index < -0.39 is 0 Å². The molecule has 4 fully saturated rings. The Kier molecular flexibility index (Phi) is 15.2. The monoisotopic (exact) mass is 942 g/mol. The number of nitrogens with zero attached hydrogens (tertiary/aromatic N) is 1. The Hall–Kier alpha value is -4.80. The molecule has 4 saturated carbocycles. The number of benzene rings is 7. The van der Waals surface area contributed by atoms with Gasteiger partial charge in [0.1, 0.15) is 0 Å².